The van der Waals surface area contributed by atoms with Gasteiger partial charge in [0, 0.05) is 12.1 Å². The van der Waals surface area contributed by atoms with E-state index < -0.39 is 23.7 Å². The van der Waals surface area contributed by atoms with Gasteiger partial charge < -0.3 is 20.5 Å². The molecule has 0 saturated heterocycles. The monoisotopic (exact) mass is 407 g/mol. The highest BCUT2D eigenvalue weighted by molar-refractivity contribution is 6.34. The lowest BCUT2D eigenvalue weighted by Crippen LogP contribution is -2.39. The van der Waals surface area contributed by atoms with Crippen molar-refractivity contribution in [3.05, 3.63) is 52.8 Å². The molecular formula is C19H19ClFN3O4. The van der Waals surface area contributed by atoms with Crippen molar-refractivity contribution in [1.29, 1.82) is 0 Å². The summed E-state index contributed by atoms with van der Waals surface area (Å²) < 4.78 is 24.4. The first-order valence-electron chi connectivity index (χ1n) is 8.49. The molecule has 0 fully saturated rings. The maximum absolute atomic E-state index is 13.5. The molecule has 0 aliphatic carbocycles. The van der Waals surface area contributed by atoms with E-state index in [0.717, 1.165) is 0 Å². The summed E-state index contributed by atoms with van der Waals surface area (Å²) in [5, 5.41) is 2.96. The second-order valence-corrected chi connectivity index (χ2v) is 6.71. The van der Waals surface area contributed by atoms with Crippen molar-refractivity contribution in [3.63, 3.8) is 0 Å². The zero-order chi connectivity index (χ0) is 20.3. The molecule has 148 valence electrons. The van der Waals surface area contributed by atoms with E-state index >= 15 is 0 Å². The predicted octanol–water partition coefficient (Wildman–Crippen LogP) is 2.35. The number of hydrogen-bond donors (Lipinski definition) is 2. The topological polar surface area (TPSA) is 93.9 Å². The predicted molar refractivity (Wildman–Crippen MR) is 102 cm³/mol. The van der Waals surface area contributed by atoms with Crippen LogP contribution in [0.3, 0.4) is 0 Å². The van der Waals surface area contributed by atoms with Gasteiger partial charge in [0.1, 0.15) is 25.1 Å². The average molecular weight is 408 g/mol. The van der Waals surface area contributed by atoms with Crippen molar-refractivity contribution in [2.75, 3.05) is 32.1 Å². The fourth-order valence-corrected chi connectivity index (χ4v) is 3.18. The van der Waals surface area contributed by atoms with E-state index in [9.17, 15) is 14.0 Å². The lowest BCUT2D eigenvalue weighted by atomic mass is 10.0. The number of ether oxygens (including phenoxy) is 2. The standard InChI is InChI=1S/C19H19ClFN3O4/c1-24(18(19(22)26)11-3-2-4-12(21)7-11)10-17(25)23-14-9-16-15(8-13(14)20)27-5-6-28-16/h2-4,7-9,18H,5-6,10H2,1H3,(H2,22,26)(H,23,25). The third-order valence-electron chi connectivity index (χ3n) is 4.17. The maximum atomic E-state index is 13.5. The summed E-state index contributed by atoms with van der Waals surface area (Å²) in [6.07, 6.45) is 0. The van der Waals surface area contributed by atoms with Crippen LogP contribution in [-0.4, -0.2) is 43.5 Å². The number of nitrogens with one attached hydrogen (secondary N) is 1. The van der Waals surface area contributed by atoms with Crippen LogP contribution in [0.25, 0.3) is 0 Å². The van der Waals surface area contributed by atoms with Gasteiger partial charge in [-0.05, 0) is 24.7 Å². The molecule has 1 aliphatic heterocycles. The number of fused-ring (bicyclic) bond motifs is 1. The lowest BCUT2D eigenvalue weighted by Gasteiger charge is -2.25. The number of likely N-dealkylation sites (N-methyl/N-ethyl adjacent to an activating group) is 1. The van der Waals surface area contributed by atoms with Crippen LogP contribution >= 0.6 is 11.6 Å². The van der Waals surface area contributed by atoms with Crippen molar-refractivity contribution in [2.45, 2.75) is 6.04 Å². The molecule has 9 heteroatoms. The SMILES string of the molecule is CN(CC(=O)Nc1cc2c(cc1Cl)OCCO2)C(C(N)=O)c1cccc(F)c1. The smallest absolute Gasteiger partial charge is 0.239 e. The Hall–Kier alpha value is -2.84. The number of benzene rings is 2. The van der Waals surface area contributed by atoms with Gasteiger partial charge in [0.05, 0.1) is 17.3 Å². The molecule has 1 unspecified atom stereocenters. The summed E-state index contributed by atoms with van der Waals surface area (Å²) in [5.41, 5.74) is 6.18. The van der Waals surface area contributed by atoms with E-state index in [1.54, 1.807) is 25.2 Å². The molecule has 3 N–H and O–H groups in total. The van der Waals surface area contributed by atoms with Crippen molar-refractivity contribution < 1.29 is 23.5 Å². The van der Waals surface area contributed by atoms with Crippen molar-refractivity contribution in [1.82, 2.24) is 4.90 Å². The van der Waals surface area contributed by atoms with Gasteiger partial charge in [-0.3, -0.25) is 14.5 Å². The quantitative estimate of drug-likeness (QED) is 0.766. The van der Waals surface area contributed by atoms with Gasteiger partial charge in [-0.25, -0.2) is 4.39 Å². The molecule has 2 amide bonds. The summed E-state index contributed by atoms with van der Waals surface area (Å²) in [6, 6.07) is 7.70. The molecule has 2 aromatic carbocycles. The van der Waals surface area contributed by atoms with Crippen molar-refractivity contribution in [2.24, 2.45) is 5.73 Å². The van der Waals surface area contributed by atoms with Gasteiger partial charge in [0.15, 0.2) is 11.5 Å². The summed E-state index contributed by atoms with van der Waals surface area (Å²) in [5.74, 6) is -0.632. The number of carbonyl (C=O) groups excluding carboxylic acids is 2. The van der Waals surface area contributed by atoms with E-state index in [1.165, 1.54) is 23.1 Å². The van der Waals surface area contributed by atoms with Crippen LogP contribution in [0.15, 0.2) is 36.4 Å². The zero-order valence-corrected chi connectivity index (χ0v) is 15.8. The van der Waals surface area contributed by atoms with Gasteiger partial charge in [0.2, 0.25) is 11.8 Å². The van der Waals surface area contributed by atoms with Crippen LogP contribution in [0.5, 0.6) is 11.5 Å². The van der Waals surface area contributed by atoms with E-state index in [2.05, 4.69) is 5.32 Å². The van der Waals surface area contributed by atoms with E-state index in [4.69, 9.17) is 26.8 Å². The third kappa shape index (κ3) is 4.52. The minimum atomic E-state index is -0.961. The molecule has 0 saturated carbocycles. The minimum absolute atomic E-state index is 0.172. The summed E-state index contributed by atoms with van der Waals surface area (Å²) in [4.78, 5) is 25.8. The summed E-state index contributed by atoms with van der Waals surface area (Å²) >= 11 is 6.19. The molecule has 1 atom stereocenters. The second-order valence-electron chi connectivity index (χ2n) is 6.30. The molecule has 0 radical (unpaired) electrons. The van der Waals surface area contributed by atoms with Gasteiger partial charge in [-0.15, -0.1) is 0 Å². The molecular weight excluding hydrogens is 389 g/mol. The van der Waals surface area contributed by atoms with Gasteiger partial charge >= 0.3 is 0 Å². The Morgan fingerprint density at radius 1 is 1.25 bits per heavy atom. The number of rotatable bonds is 6. The fraction of sp³-hybridized carbons (Fsp3) is 0.263. The Labute approximate surface area is 166 Å². The largest absolute Gasteiger partial charge is 0.486 e. The van der Waals surface area contributed by atoms with Crippen LogP contribution in [-0.2, 0) is 9.59 Å². The van der Waals surface area contributed by atoms with Gasteiger partial charge in [-0.1, -0.05) is 23.7 Å². The molecule has 7 nitrogen and oxygen atoms in total. The molecule has 0 bridgehead atoms. The Kier molecular flexibility index (Phi) is 6.01. The highest BCUT2D eigenvalue weighted by atomic mass is 35.5. The number of carbonyl (C=O) groups is 2. The number of hydrogen-bond acceptors (Lipinski definition) is 5. The number of amides is 2. The first kappa shape index (κ1) is 19.9. The van der Waals surface area contributed by atoms with Crippen LogP contribution < -0.4 is 20.5 Å². The highest BCUT2D eigenvalue weighted by Crippen LogP contribution is 2.38. The summed E-state index contributed by atoms with van der Waals surface area (Å²) in [7, 11) is 1.55. The minimum Gasteiger partial charge on any atom is -0.486 e. The number of halogens is 2. The molecule has 0 spiro atoms. The van der Waals surface area contributed by atoms with Gasteiger partial charge in [0.25, 0.3) is 0 Å². The second kappa shape index (κ2) is 8.45. The van der Waals surface area contributed by atoms with Crippen LogP contribution in [0.4, 0.5) is 10.1 Å². The normalized spacial score (nSPS) is 13.9. The van der Waals surface area contributed by atoms with Gasteiger partial charge in [-0.2, -0.15) is 0 Å². The van der Waals surface area contributed by atoms with Crippen LogP contribution in [0.1, 0.15) is 11.6 Å². The molecule has 2 aromatic rings. The number of primary amides is 1. The Balaban J connectivity index is 1.72. The highest BCUT2D eigenvalue weighted by Gasteiger charge is 2.25. The van der Waals surface area contributed by atoms with E-state index in [1.807, 2.05) is 0 Å². The lowest BCUT2D eigenvalue weighted by molar-refractivity contribution is -0.124. The molecule has 28 heavy (non-hydrogen) atoms. The zero-order valence-electron chi connectivity index (χ0n) is 15.1. The first-order valence-corrected chi connectivity index (χ1v) is 8.87. The number of nitrogens with zero attached hydrogens (tertiary/aromatic N) is 1. The Bertz CT molecular complexity index is 909. The van der Waals surface area contributed by atoms with E-state index in [-0.39, 0.29) is 11.6 Å². The van der Waals surface area contributed by atoms with Crippen LogP contribution in [0, 0.1) is 5.82 Å². The third-order valence-corrected chi connectivity index (χ3v) is 4.49. The molecule has 0 aromatic heterocycles. The molecule has 3 rings (SSSR count). The maximum Gasteiger partial charge on any atom is 0.239 e. The Morgan fingerprint density at radius 3 is 2.57 bits per heavy atom. The molecule has 1 aliphatic rings. The van der Waals surface area contributed by atoms with Crippen LogP contribution in [0.2, 0.25) is 5.02 Å². The van der Waals surface area contributed by atoms with Crippen molar-refractivity contribution >= 4 is 29.1 Å². The van der Waals surface area contributed by atoms with Crippen molar-refractivity contribution in [3.8, 4) is 11.5 Å². The number of nitrogens with two attached hydrogens (primary N) is 1. The number of anilines is 1. The first-order chi connectivity index (χ1) is 13.3. The molecule has 1 heterocycles. The Morgan fingerprint density at radius 2 is 1.93 bits per heavy atom. The summed E-state index contributed by atoms with van der Waals surface area (Å²) in [6.45, 7) is 0.655. The fourth-order valence-electron chi connectivity index (χ4n) is 2.98. The average Bonchev–Trinajstić information content (AvgIpc) is 2.62. The van der Waals surface area contributed by atoms with E-state index in [0.29, 0.717) is 36.0 Å².